The standard InChI is InChI=1S/C81H60N4O2/c1-45-9-21-69-57(33-45)58-34-46(2)10-22-70(58)82(69)53-17-29-77-65(41-53)81(66-42-54(18-30-78(66)86-77)83-71-23-11-47(3)35-59(71)60-36-48(4)12-24-72(60)83)67-43-55(84-73-25-13-49(5)37-61(73)62-38-50(6)14-26-74(62)84)19-31-79(67)87-80-32-20-56(44-68(80)81)85-75-27-15-51(7)39-63(75)64-40-52(8)16-28-76(64)85/h9-44H,1-8H3. The molecule has 6 heterocycles. The average Bonchev–Trinajstić information content (AvgIpc) is 1.58. The lowest BCUT2D eigenvalue weighted by Crippen LogP contribution is -2.37. The predicted molar refractivity (Wildman–Crippen MR) is 360 cm³/mol. The molecule has 6 nitrogen and oxygen atoms in total. The van der Waals surface area contributed by atoms with E-state index in [0.29, 0.717) is 0 Å². The molecule has 12 aromatic carbocycles. The lowest BCUT2D eigenvalue weighted by atomic mass is 9.62. The summed E-state index contributed by atoms with van der Waals surface area (Å²) in [4.78, 5) is 0. The minimum absolute atomic E-state index is 0.787. The second-order valence-corrected chi connectivity index (χ2v) is 25.2. The molecule has 2 aliphatic rings. The van der Waals surface area contributed by atoms with Gasteiger partial charge < -0.3 is 27.7 Å². The largest absolute Gasteiger partial charge is 0.457 e. The van der Waals surface area contributed by atoms with Crippen LogP contribution in [0.3, 0.4) is 0 Å². The molecule has 87 heavy (non-hydrogen) atoms. The highest BCUT2D eigenvalue weighted by molar-refractivity contribution is 6.13. The van der Waals surface area contributed by atoms with Gasteiger partial charge in [0.1, 0.15) is 23.0 Å². The molecule has 0 bridgehead atoms. The molecule has 6 heteroatoms. The predicted octanol–water partition coefficient (Wildman–Crippen LogP) is 21.1. The van der Waals surface area contributed by atoms with Crippen molar-refractivity contribution in [2.75, 3.05) is 0 Å². The summed E-state index contributed by atoms with van der Waals surface area (Å²) in [5.41, 5.74) is 26.2. The Labute approximate surface area is 503 Å². The third-order valence-corrected chi connectivity index (χ3v) is 19.2. The molecule has 2 aliphatic heterocycles. The number of hydrogen-bond donors (Lipinski definition) is 0. The van der Waals surface area contributed by atoms with Crippen molar-refractivity contribution in [3.63, 3.8) is 0 Å². The van der Waals surface area contributed by atoms with Crippen molar-refractivity contribution in [1.29, 1.82) is 0 Å². The van der Waals surface area contributed by atoms with Gasteiger partial charge in [0, 0.05) is 88.1 Å². The lowest BCUT2D eigenvalue weighted by Gasteiger charge is -2.45. The van der Waals surface area contributed by atoms with Crippen molar-refractivity contribution in [3.8, 4) is 45.7 Å². The first-order valence-corrected chi connectivity index (χ1v) is 30.4. The molecule has 4 aromatic heterocycles. The fraction of sp³-hybridized carbons (Fsp3) is 0.111. The van der Waals surface area contributed by atoms with Crippen LogP contribution in [0.25, 0.3) is 110 Å². The molecule has 0 saturated carbocycles. The van der Waals surface area contributed by atoms with E-state index in [4.69, 9.17) is 9.47 Å². The van der Waals surface area contributed by atoms with Gasteiger partial charge in [-0.2, -0.15) is 0 Å². The van der Waals surface area contributed by atoms with Crippen LogP contribution in [0.2, 0.25) is 0 Å². The minimum Gasteiger partial charge on any atom is -0.457 e. The fourth-order valence-corrected chi connectivity index (χ4v) is 15.4. The van der Waals surface area contributed by atoms with Gasteiger partial charge in [-0.1, -0.05) is 93.0 Å². The second-order valence-electron chi connectivity index (χ2n) is 25.2. The average molecular weight is 1120 g/mol. The van der Waals surface area contributed by atoms with Crippen LogP contribution in [0.15, 0.2) is 218 Å². The number of nitrogens with zero attached hydrogens (tertiary/aromatic N) is 4. The highest BCUT2D eigenvalue weighted by Crippen LogP contribution is 2.63. The van der Waals surface area contributed by atoms with Crippen LogP contribution in [0.1, 0.15) is 66.8 Å². The molecule has 18 rings (SSSR count). The van der Waals surface area contributed by atoms with Crippen LogP contribution in [0, 0.1) is 55.4 Å². The topological polar surface area (TPSA) is 38.2 Å². The van der Waals surface area contributed by atoms with E-state index in [0.717, 1.165) is 112 Å². The van der Waals surface area contributed by atoms with E-state index >= 15 is 0 Å². The van der Waals surface area contributed by atoms with Gasteiger partial charge in [-0.05, 0) is 225 Å². The van der Waals surface area contributed by atoms with E-state index in [1.807, 2.05) is 0 Å². The van der Waals surface area contributed by atoms with E-state index in [9.17, 15) is 0 Å². The summed E-state index contributed by atoms with van der Waals surface area (Å²) in [7, 11) is 0. The smallest absolute Gasteiger partial charge is 0.132 e. The van der Waals surface area contributed by atoms with E-state index in [1.54, 1.807) is 0 Å². The third kappa shape index (κ3) is 6.98. The molecule has 0 saturated heterocycles. The normalized spacial score (nSPS) is 13.3. The van der Waals surface area contributed by atoms with Gasteiger partial charge in [-0.25, -0.2) is 0 Å². The monoisotopic (exact) mass is 1120 g/mol. The zero-order valence-electron chi connectivity index (χ0n) is 49.9. The van der Waals surface area contributed by atoms with Gasteiger partial charge in [0.25, 0.3) is 0 Å². The summed E-state index contributed by atoms with van der Waals surface area (Å²) in [6.07, 6.45) is 0. The zero-order valence-corrected chi connectivity index (χ0v) is 49.9. The number of rotatable bonds is 4. The molecular formula is C81H60N4O2. The van der Waals surface area contributed by atoms with Crippen molar-refractivity contribution < 1.29 is 9.47 Å². The Balaban J connectivity index is 1.01. The SMILES string of the molecule is Cc1ccc2c(c1)c1cc(C)ccc1n2-c1ccc2c(c1)C1(c3cc(-n4c5ccc(C)cc5c5cc(C)ccc54)ccc3O2)c2cc(-n3c4ccc(C)cc4c4cc(C)ccc43)ccc2Oc2ccc(-n3c4ccc(C)cc4c4cc(C)ccc43)cc21. The Hall–Kier alpha value is -10.6. The van der Waals surface area contributed by atoms with Crippen LogP contribution < -0.4 is 9.47 Å². The molecule has 0 radical (unpaired) electrons. The van der Waals surface area contributed by atoms with Gasteiger partial charge in [-0.15, -0.1) is 0 Å². The summed E-state index contributed by atoms with van der Waals surface area (Å²) >= 11 is 0. The minimum atomic E-state index is -1.07. The number of fused-ring (bicyclic) bond motifs is 20. The second kappa shape index (κ2) is 17.8. The fourth-order valence-electron chi connectivity index (χ4n) is 15.4. The van der Waals surface area contributed by atoms with Crippen LogP contribution >= 0.6 is 0 Å². The summed E-state index contributed by atoms with van der Waals surface area (Å²) in [6, 6.07) is 82.7. The summed E-state index contributed by atoms with van der Waals surface area (Å²) < 4.78 is 24.9. The van der Waals surface area contributed by atoms with Gasteiger partial charge in [0.15, 0.2) is 0 Å². The van der Waals surface area contributed by atoms with Crippen LogP contribution in [-0.4, -0.2) is 18.3 Å². The zero-order chi connectivity index (χ0) is 58.5. The Morgan fingerprint density at radius 1 is 0.207 bits per heavy atom. The summed E-state index contributed by atoms with van der Waals surface area (Å²) in [5, 5.41) is 9.84. The van der Waals surface area contributed by atoms with Gasteiger partial charge >= 0.3 is 0 Å². The number of benzene rings is 12. The molecule has 0 N–H and O–H groups in total. The number of aromatic nitrogens is 4. The van der Waals surface area contributed by atoms with Gasteiger partial charge in [0.2, 0.25) is 0 Å². The molecule has 16 aromatic rings. The van der Waals surface area contributed by atoms with Crippen molar-refractivity contribution in [2.24, 2.45) is 0 Å². The summed E-state index contributed by atoms with van der Waals surface area (Å²) in [6.45, 7) is 17.5. The van der Waals surface area contributed by atoms with E-state index in [2.05, 4.69) is 292 Å². The molecule has 416 valence electrons. The van der Waals surface area contributed by atoms with Gasteiger partial charge in [0.05, 0.1) is 49.5 Å². The maximum Gasteiger partial charge on any atom is 0.132 e. The number of ether oxygens (including phenoxy) is 2. The van der Waals surface area contributed by atoms with E-state index in [1.165, 1.54) is 87.6 Å². The molecular weight excluding hydrogens is 1060 g/mol. The van der Waals surface area contributed by atoms with Crippen LogP contribution in [0.4, 0.5) is 0 Å². The molecule has 0 unspecified atom stereocenters. The Kier molecular flexibility index (Phi) is 10.2. The van der Waals surface area contributed by atoms with Gasteiger partial charge in [-0.3, -0.25) is 0 Å². The van der Waals surface area contributed by atoms with Crippen molar-refractivity contribution in [3.05, 3.63) is 285 Å². The van der Waals surface area contributed by atoms with E-state index in [-0.39, 0.29) is 0 Å². The Morgan fingerprint density at radius 3 is 0.552 bits per heavy atom. The first kappa shape index (κ1) is 49.8. The highest BCUT2D eigenvalue weighted by atomic mass is 16.5. The molecule has 0 atom stereocenters. The van der Waals surface area contributed by atoms with Crippen molar-refractivity contribution in [2.45, 2.75) is 60.8 Å². The quantitative estimate of drug-likeness (QED) is 0.176. The molecule has 0 aliphatic carbocycles. The first-order valence-electron chi connectivity index (χ1n) is 30.4. The van der Waals surface area contributed by atoms with Crippen LogP contribution in [0.5, 0.6) is 23.0 Å². The van der Waals surface area contributed by atoms with Crippen molar-refractivity contribution >= 4 is 87.2 Å². The highest BCUT2D eigenvalue weighted by Gasteiger charge is 2.52. The number of hydrogen-bond acceptors (Lipinski definition) is 2. The first-order chi connectivity index (χ1) is 42.3. The third-order valence-electron chi connectivity index (χ3n) is 19.2. The summed E-state index contributed by atoms with van der Waals surface area (Å²) in [5.74, 6) is 3.15. The Bertz CT molecular complexity index is 4810. The lowest BCUT2D eigenvalue weighted by molar-refractivity contribution is 0.399. The maximum atomic E-state index is 7.50. The maximum absolute atomic E-state index is 7.50. The van der Waals surface area contributed by atoms with Crippen molar-refractivity contribution in [1.82, 2.24) is 18.3 Å². The number of aryl methyl sites for hydroxylation is 8. The van der Waals surface area contributed by atoms with Crippen LogP contribution in [-0.2, 0) is 5.41 Å². The molecule has 0 amide bonds. The molecule has 1 spiro atoms. The Morgan fingerprint density at radius 2 is 0.379 bits per heavy atom. The molecule has 0 fully saturated rings. The van der Waals surface area contributed by atoms with E-state index < -0.39 is 5.41 Å².